The lowest BCUT2D eigenvalue weighted by Crippen LogP contribution is -2.37. The minimum atomic E-state index is -0.464. The quantitative estimate of drug-likeness (QED) is 0.792. The van der Waals surface area contributed by atoms with E-state index < -0.39 is 5.60 Å². The summed E-state index contributed by atoms with van der Waals surface area (Å²) in [4.78, 5) is 13.8. The van der Waals surface area contributed by atoms with Crippen LogP contribution in [0.1, 0.15) is 33.6 Å². The van der Waals surface area contributed by atoms with Crippen LogP contribution in [-0.4, -0.2) is 53.1 Å². The highest BCUT2D eigenvalue weighted by molar-refractivity contribution is 5.68. The second kappa shape index (κ2) is 4.94. The van der Waals surface area contributed by atoms with Gasteiger partial charge < -0.3 is 19.8 Å². The molecule has 2 atom stereocenters. The standard InChI is InChI=1S/C14H25NO4/c1-13(2,3)19-12(18)15-6-10-4-14(8-16,9-17)5-11(10)7-15/h10-11,16-17H,4-9H2,1-3H3/t10-,11+. The minimum absolute atomic E-state index is 0.0307. The summed E-state index contributed by atoms with van der Waals surface area (Å²) >= 11 is 0. The number of aliphatic hydroxyl groups is 2. The van der Waals surface area contributed by atoms with Crippen molar-refractivity contribution in [2.24, 2.45) is 17.3 Å². The van der Waals surface area contributed by atoms with Gasteiger partial charge in [-0.15, -0.1) is 0 Å². The van der Waals surface area contributed by atoms with E-state index in [1.165, 1.54) is 0 Å². The van der Waals surface area contributed by atoms with E-state index in [0.717, 1.165) is 12.8 Å². The molecule has 0 aromatic carbocycles. The average molecular weight is 271 g/mol. The Kier molecular flexibility index (Phi) is 3.80. The maximum Gasteiger partial charge on any atom is 0.410 e. The molecule has 0 unspecified atom stereocenters. The predicted molar refractivity (Wildman–Crippen MR) is 70.6 cm³/mol. The fourth-order valence-electron chi connectivity index (χ4n) is 3.38. The smallest absolute Gasteiger partial charge is 0.410 e. The van der Waals surface area contributed by atoms with Crippen LogP contribution in [0.4, 0.5) is 4.79 Å². The molecule has 5 nitrogen and oxygen atoms in total. The van der Waals surface area contributed by atoms with Crippen molar-refractivity contribution in [1.29, 1.82) is 0 Å². The number of carbonyl (C=O) groups is 1. The van der Waals surface area contributed by atoms with Gasteiger partial charge in [-0.05, 0) is 45.4 Å². The topological polar surface area (TPSA) is 70.0 Å². The molecule has 19 heavy (non-hydrogen) atoms. The molecular formula is C14H25NO4. The number of aliphatic hydroxyl groups excluding tert-OH is 2. The van der Waals surface area contributed by atoms with Crippen molar-refractivity contribution < 1.29 is 19.7 Å². The van der Waals surface area contributed by atoms with Crippen molar-refractivity contribution in [3.05, 3.63) is 0 Å². The summed E-state index contributed by atoms with van der Waals surface area (Å²) in [6.45, 7) is 7.02. The van der Waals surface area contributed by atoms with Gasteiger partial charge in [0.25, 0.3) is 0 Å². The first-order valence-corrected chi connectivity index (χ1v) is 6.98. The van der Waals surface area contributed by atoms with Gasteiger partial charge >= 0.3 is 6.09 Å². The largest absolute Gasteiger partial charge is 0.444 e. The van der Waals surface area contributed by atoms with E-state index >= 15 is 0 Å². The Morgan fingerprint density at radius 3 is 2.05 bits per heavy atom. The summed E-state index contributed by atoms with van der Waals surface area (Å²) in [6.07, 6.45) is 1.34. The van der Waals surface area contributed by atoms with Crippen LogP contribution in [0.25, 0.3) is 0 Å². The number of fused-ring (bicyclic) bond motifs is 1. The Hall–Kier alpha value is -0.810. The third kappa shape index (κ3) is 3.03. The number of amides is 1. The maximum atomic E-state index is 12.0. The first-order chi connectivity index (χ1) is 8.78. The zero-order chi connectivity index (χ0) is 14.3. The Morgan fingerprint density at radius 2 is 1.68 bits per heavy atom. The monoisotopic (exact) mass is 271 g/mol. The van der Waals surface area contributed by atoms with Crippen LogP contribution in [0.5, 0.6) is 0 Å². The number of nitrogens with zero attached hydrogens (tertiary/aromatic N) is 1. The molecule has 1 amide bonds. The number of hydrogen-bond acceptors (Lipinski definition) is 4. The Labute approximate surface area is 114 Å². The van der Waals surface area contributed by atoms with E-state index in [9.17, 15) is 15.0 Å². The second-order valence-electron chi connectivity index (χ2n) is 7.13. The van der Waals surface area contributed by atoms with Crippen LogP contribution >= 0.6 is 0 Å². The molecule has 2 fully saturated rings. The van der Waals surface area contributed by atoms with Gasteiger partial charge in [0.15, 0.2) is 0 Å². The van der Waals surface area contributed by atoms with Crippen molar-refractivity contribution in [3.8, 4) is 0 Å². The summed E-state index contributed by atoms with van der Waals surface area (Å²) < 4.78 is 5.38. The molecule has 0 bridgehead atoms. The lowest BCUT2D eigenvalue weighted by Gasteiger charge is -2.28. The highest BCUT2D eigenvalue weighted by Gasteiger charge is 2.49. The van der Waals surface area contributed by atoms with E-state index in [1.807, 2.05) is 20.8 Å². The van der Waals surface area contributed by atoms with Crippen LogP contribution in [0, 0.1) is 17.3 Å². The van der Waals surface area contributed by atoms with Crippen molar-refractivity contribution in [3.63, 3.8) is 0 Å². The molecule has 5 heteroatoms. The van der Waals surface area contributed by atoms with Gasteiger partial charge in [-0.3, -0.25) is 0 Å². The minimum Gasteiger partial charge on any atom is -0.444 e. The molecule has 110 valence electrons. The van der Waals surface area contributed by atoms with E-state index in [2.05, 4.69) is 0 Å². The molecule has 1 aliphatic carbocycles. The van der Waals surface area contributed by atoms with Crippen LogP contribution in [0.15, 0.2) is 0 Å². The van der Waals surface area contributed by atoms with Gasteiger partial charge in [0, 0.05) is 18.5 Å². The lowest BCUT2D eigenvalue weighted by atomic mass is 9.86. The van der Waals surface area contributed by atoms with Gasteiger partial charge in [-0.25, -0.2) is 4.79 Å². The summed E-state index contributed by atoms with van der Waals surface area (Å²) in [5, 5.41) is 18.9. The lowest BCUT2D eigenvalue weighted by molar-refractivity contribution is 0.0226. The van der Waals surface area contributed by atoms with Crippen LogP contribution in [0.3, 0.4) is 0 Å². The Bertz CT molecular complexity index is 330. The van der Waals surface area contributed by atoms with Crippen molar-refractivity contribution >= 4 is 6.09 Å². The zero-order valence-electron chi connectivity index (χ0n) is 12.1. The number of ether oxygens (including phenoxy) is 1. The molecular weight excluding hydrogens is 246 g/mol. The Balaban J connectivity index is 1.92. The predicted octanol–water partition coefficient (Wildman–Crippen LogP) is 1.23. The average Bonchev–Trinajstić information content (AvgIpc) is 2.81. The second-order valence-corrected chi connectivity index (χ2v) is 7.13. The van der Waals surface area contributed by atoms with E-state index in [4.69, 9.17) is 4.74 Å². The molecule has 0 radical (unpaired) electrons. The fourth-order valence-corrected chi connectivity index (χ4v) is 3.38. The van der Waals surface area contributed by atoms with Crippen molar-refractivity contribution in [2.75, 3.05) is 26.3 Å². The molecule has 1 saturated carbocycles. The van der Waals surface area contributed by atoms with E-state index in [0.29, 0.717) is 24.9 Å². The highest BCUT2D eigenvalue weighted by Crippen LogP contribution is 2.48. The van der Waals surface area contributed by atoms with Gasteiger partial charge in [-0.1, -0.05) is 0 Å². The van der Waals surface area contributed by atoms with Crippen LogP contribution in [0.2, 0.25) is 0 Å². The summed E-state index contributed by atoms with van der Waals surface area (Å²) in [5.41, 5.74) is -0.801. The zero-order valence-corrected chi connectivity index (χ0v) is 12.1. The maximum absolute atomic E-state index is 12.0. The number of likely N-dealkylation sites (tertiary alicyclic amines) is 1. The van der Waals surface area contributed by atoms with Crippen LogP contribution in [-0.2, 0) is 4.74 Å². The van der Waals surface area contributed by atoms with E-state index in [-0.39, 0.29) is 24.7 Å². The summed E-state index contributed by atoms with van der Waals surface area (Å²) in [6, 6.07) is 0. The molecule has 0 aromatic rings. The SMILES string of the molecule is CC(C)(C)OC(=O)N1C[C@@H]2CC(CO)(CO)C[C@@H]2C1. The number of carbonyl (C=O) groups excluding carboxylic acids is 1. The number of rotatable bonds is 2. The molecule has 1 saturated heterocycles. The molecule has 1 heterocycles. The summed E-state index contributed by atoms with van der Waals surface area (Å²) in [7, 11) is 0. The first-order valence-electron chi connectivity index (χ1n) is 6.98. The van der Waals surface area contributed by atoms with Crippen LogP contribution < -0.4 is 0 Å². The fraction of sp³-hybridized carbons (Fsp3) is 0.929. The van der Waals surface area contributed by atoms with Gasteiger partial charge in [-0.2, -0.15) is 0 Å². The van der Waals surface area contributed by atoms with E-state index in [1.54, 1.807) is 4.90 Å². The Morgan fingerprint density at radius 1 is 1.21 bits per heavy atom. The summed E-state index contributed by atoms with van der Waals surface area (Å²) in [5.74, 6) is 0.763. The molecule has 0 aromatic heterocycles. The third-order valence-electron chi connectivity index (χ3n) is 4.29. The first kappa shape index (κ1) is 14.6. The van der Waals surface area contributed by atoms with Gasteiger partial charge in [0.1, 0.15) is 5.60 Å². The molecule has 2 rings (SSSR count). The van der Waals surface area contributed by atoms with Gasteiger partial charge in [0.05, 0.1) is 13.2 Å². The third-order valence-corrected chi connectivity index (χ3v) is 4.29. The molecule has 2 N–H and O–H groups in total. The number of hydrogen-bond donors (Lipinski definition) is 2. The van der Waals surface area contributed by atoms with Crippen molar-refractivity contribution in [2.45, 2.75) is 39.2 Å². The molecule has 0 spiro atoms. The van der Waals surface area contributed by atoms with Crippen molar-refractivity contribution in [1.82, 2.24) is 4.90 Å². The normalized spacial score (nSPS) is 29.4. The van der Waals surface area contributed by atoms with Gasteiger partial charge in [0.2, 0.25) is 0 Å². The molecule has 1 aliphatic heterocycles. The molecule has 2 aliphatic rings. The highest BCUT2D eigenvalue weighted by atomic mass is 16.6.